The van der Waals surface area contributed by atoms with Crippen LogP contribution >= 0.6 is 0 Å². The van der Waals surface area contributed by atoms with E-state index >= 15 is 0 Å². The first-order valence-corrected chi connectivity index (χ1v) is 7.92. The fourth-order valence-corrected chi connectivity index (χ4v) is 3.00. The summed E-state index contributed by atoms with van der Waals surface area (Å²) in [5, 5.41) is 8.17. The Hall–Kier alpha value is -0.830. The molecule has 3 nitrogen and oxygen atoms in total. The van der Waals surface area contributed by atoms with Gasteiger partial charge in [-0.15, -0.1) is 0 Å². The van der Waals surface area contributed by atoms with Gasteiger partial charge in [-0.3, -0.25) is 4.68 Å². The molecule has 0 atom stereocenters. The third-order valence-corrected chi connectivity index (χ3v) is 4.18. The van der Waals surface area contributed by atoms with Gasteiger partial charge in [0.1, 0.15) is 0 Å². The van der Waals surface area contributed by atoms with Gasteiger partial charge in [-0.1, -0.05) is 39.5 Å². The number of nitrogens with one attached hydrogen (secondary N) is 1. The van der Waals surface area contributed by atoms with Gasteiger partial charge in [0.05, 0.1) is 12.2 Å². The summed E-state index contributed by atoms with van der Waals surface area (Å²) >= 11 is 0. The normalized spacial score (nSPS) is 17.9. The van der Waals surface area contributed by atoms with Crippen LogP contribution in [-0.2, 0) is 6.54 Å². The second-order valence-electron chi connectivity index (χ2n) is 6.37. The molecule has 19 heavy (non-hydrogen) atoms. The molecular formula is C16H29N3. The van der Waals surface area contributed by atoms with E-state index in [1.54, 1.807) is 0 Å². The average Bonchev–Trinajstić information content (AvgIpc) is 2.61. The SMILES string of the molecule is Cc1c(CNCC(C)C)cnn1C1CCCCCC1. The molecule has 0 aliphatic heterocycles. The summed E-state index contributed by atoms with van der Waals surface area (Å²) in [6.07, 6.45) is 10.2. The quantitative estimate of drug-likeness (QED) is 0.818. The fourth-order valence-electron chi connectivity index (χ4n) is 3.00. The highest BCUT2D eigenvalue weighted by atomic mass is 15.3. The Kier molecular flexibility index (Phi) is 5.44. The number of nitrogens with zero attached hydrogens (tertiary/aromatic N) is 2. The Morgan fingerprint density at radius 3 is 2.58 bits per heavy atom. The monoisotopic (exact) mass is 263 g/mol. The maximum atomic E-state index is 4.66. The van der Waals surface area contributed by atoms with Crippen LogP contribution in [0, 0.1) is 12.8 Å². The van der Waals surface area contributed by atoms with Crippen LogP contribution in [0.5, 0.6) is 0 Å². The molecule has 108 valence electrons. The first kappa shape index (κ1) is 14.6. The van der Waals surface area contributed by atoms with E-state index in [2.05, 4.69) is 42.1 Å². The molecule has 1 heterocycles. The lowest BCUT2D eigenvalue weighted by atomic mass is 10.1. The van der Waals surface area contributed by atoms with Crippen LogP contribution in [0.15, 0.2) is 6.20 Å². The zero-order valence-corrected chi connectivity index (χ0v) is 12.8. The van der Waals surface area contributed by atoms with E-state index in [0.717, 1.165) is 13.1 Å². The molecule has 1 aliphatic rings. The third kappa shape index (κ3) is 4.07. The Morgan fingerprint density at radius 1 is 1.26 bits per heavy atom. The Bertz CT molecular complexity index is 373. The molecule has 0 bridgehead atoms. The Labute approximate surface area is 117 Å². The fraction of sp³-hybridized carbons (Fsp3) is 0.812. The molecule has 1 aliphatic carbocycles. The summed E-state index contributed by atoms with van der Waals surface area (Å²) in [5.74, 6) is 0.706. The van der Waals surface area contributed by atoms with E-state index < -0.39 is 0 Å². The van der Waals surface area contributed by atoms with Crippen molar-refractivity contribution < 1.29 is 0 Å². The molecule has 1 N–H and O–H groups in total. The smallest absolute Gasteiger partial charge is 0.0537 e. The second kappa shape index (κ2) is 7.09. The van der Waals surface area contributed by atoms with Gasteiger partial charge >= 0.3 is 0 Å². The van der Waals surface area contributed by atoms with Crippen molar-refractivity contribution in [3.63, 3.8) is 0 Å². The van der Waals surface area contributed by atoms with Crippen molar-refractivity contribution in [1.29, 1.82) is 0 Å². The second-order valence-corrected chi connectivity index (χ2v) is 6.37. The first-order chi connectivity index (χ1) is 9.18. The molecular weight excluding hydrogens is 234 g/mol. The molecule has 0 spiro atoms. The minimum absolute atomic E-state index is 0.640. The molecule has 0 unspecified atom stereocenters. The molecule has 1 saturated carbocycles. The predicted octanol–water partition coefficient (Wildman–Crippen LogP) is 3.83. The lowest BCUT2D eigenvalue weighted by molar-refractivity contribution is 0.397. The largest absolute Gasteiger partial charge is 0.312 e. The molecule has 1 aromatic rings. The third-order valence-electron chi connectivity index (χ3n) is 4.18. The van der Waals surface area contributed by atoms with Crippen molar-refractivity contribution in [2.75, 3.05) is 6.54 Å². The van der Waals surface area contributed by atoms with Gasteiger partial charge < -0.3 is 5.32 Å². The average molecular weight is 263 g/mol. The van der Waals surface area contributed by atoms with E-state index in [1.165, 1.54) is 49.8 Å². The van der Waals surface area contributed by atoms with Crippen LogP contribution in [-0.4, -0.2) is 16.3 Å². The van der Waals surface area contributed by atoms with Crippen LogP contribution in [0.3, 0.4) is 0 Å². The predicted molar refractivity (Wildman–Crippen MR) is 80.2 cm³/mol. The van der Waals surface area contributed by atoms with Crippen molar-refractivity contribution in [2.24, 2.45) is 5.92 Å². The van der Waals surface area contributed by atoms with Crippen molar-refractivity contribution in [2.45, 2.75) is 71.9 Å². The van der Waals surface area contributed by atoms with Gasteiger partial charge in [-0.05, 0) is 32.2 Å². The van der Waals surface area contributed by atoms with Gasteiger partial charge in [0, 0.05) is 17.8 Å². The van der Waals surface area contributed by atoms with Crippen LogP contribution in [0.4, 0.5) is 0 Å². The maximum absolute atomic E-state index is 4.66. The molecule has 0 saturated heterocycles. The summed E-state index contributed by atoms with van der Waals surface area (Å²) in [6, 6.07) is 0.640. The van der Waals surface area contributed by atoms with Crippen molar-refractivity contribution >= 4 is 0 Å². The van der Waals surface area contributed by atoms with E-state index in [4.69, 9.17) is 0 Å². The highest BCUT2D eigenvalue weighted by molar-refractivity contribution is 5.16. The molecule has 1 fully saturated rings. The first-order valence-electron chi connectivity index (χ1n) is 7.92. The summed E-state index contributed by atoms with van der Waals surface area (Å²) in [5.41, 5.74) is 2.73. The van der Waals surface area contributed by atoms with Crippen LogP contribution in [0.2, 0.25) is 0 Å². The minimum Gasteiger partial charge on any atom is -0.312 e. The number of aromatic nitrogens is 2. The van der Waals surface area contributed by atoms with Crippen LogP contribution < -0.4 is 5.32 Å². The summed E-state index contributed by atoms with van der Waals surface area (Å²) in [4.78, 5) is 0. The van der Waals surface area contributed by atoms with Crippen molar-refractivity contribution in [1.82, 2.24) is 15.1 Å². The lowest BCUT2D eigenvalue weighted by Crippen LogP contribution is -2.19. The zero-order valence-electron chi connectivity index (χ0n) is 12.8. The molecule has 0 amide bonds. The number of rotatable bonds is 5. The van der Waals surface area contributed by atoms with Gasteiger partial charge in [0.2, 0.25) is 0 Å². The van der Waals surface area contributed by atoms with E-state index in [1.807, 2.05) is 0 Å². The highest BCUT2D eigenvalue weighted by Crippen LogP contribution is 2.28. The Morgan fingerprint density at radius 2 is 1.95 bits per heavy atom. The molecule has 3 heteroatoms. The van der Waals surface area contributed by atoms with Crippen molar-refractivity contribution in [3.05, 3.63) is 17.5 Å². The van der Waals surface area contributed by atoms with Crippen LogP contribution in [0.1, 0.15) is 69.7 Å². The minimum atomic E-state index is 0.640. The molecule has 2 rings (SSSR count). The standard InChI is InChI=1S/C16H29N3/c1-13(2)10-17-11-15-12-18-19(14(15)3)16-8-6-4-5-7-9-16/h12-13,16-17H,4-11H2,1-3H3. The highest BCUT2D eigenvalue weighted by Gasteiger charge is 2.17. The summed E-state index contributed by atoms with van der Waals surface area (Å²) < 4.78 is 2.29. The van der Waals surface area contributed by atoms with Gasteiger partial charge in [0.15, 0.2) is 0 Å². The van der Waals surface area contributed by atoms with E-state index in [-0.39, 0.29) is 0 Å². The topological polar surface area (TPSA) is 29.9 Å². The molecule has 0 aromatic carbocycles. The lowest BCUT2D eigenvalue weighted by Gasteiger charge is -2.17. The summed E-state index contributed by atoms with van der Waals surface area (Å²) in [7, 11) is 0. The maximum Gasteiger partial charge on any atom is 0.0537 e. The van der Waals surface area contributed by atoms with Crippen molar-refractivity contribution in [3.8, 4) is 0 Å². The Balaban J connectivity index is 1.96. The van der Waals surface area contributed by atoms with Crippen LogP contribution in [0.25, 0.3) is 0 Å². The zero-order chi connectivity index (χ0) is 13.7. The van der Waals surface area contributed by atoms with Gasteiger partial charge in [-0.2, -0.15) is 5.10 Å². The molecule has 1 aromatic heterocycles. The molecule has 0 radical (unpaired) electrons. The van der Waals surface area contributed by atoms with E-state index in [9.17, 15) is 0 Å². The number of hydrogen-bond donors (Lipinski definition) is 1. The van der Waals surface area contributed by atoms with E-state index in [0.29, 0.717) is 12.0 Å². The summed E-state index contributed by atoms with van der Waals surface area (Å²) in [6.45, 7) is 8.75. The number of hydrogen-bond acceptors (Lipinski definition) is 2. The van der Waals surface area contributed by atoms with Gasteiger partial charge in [-0.25, -0.2) is 0 Å². The van der Waals surface area contributed by atoms with Gasteiger partial charge in [0.25, 0.3) is 0 Å².